The van der Waals surface area contributed by atoms with Crippen molar-refractivity contribution in [2.75, 3.05) is 19.6 Å². The number of halogens is 2. The number of hydrogen-bond acceptors (Lipinski definition) is 3. The van der Waals surface area contributed by atoms with E-state index in [-0.39, 0.29) is 36.8 Å². The maximum Gasteiger partial charge on any atom is 0.222 e. The van der Waals surface area contributed by atoms with E-state index in [0.29, 0.717) is 19.5 Å². The lowest BCUT2D eigenvalue weighted by atomic mass is 10.3. The molecule has 1 amide bonds. The molecule has 1 unspecified atom stereocenters. The Labute approximate surface area is 90.8 Å². The Morgan fingerprint density at radius 1 is 1.46 bits per heavy atom. The SMILES string of the molecule is Cl.Cl.NCC(N)CN1CCCC1=O. The van der Waals surface area contributed by atoms with Gasteiger partial charge in [0, 0.05) is 32.1 Å². The fourth-order valence-electron chi connectivity index (χ4n) is 1.25. The molecule has 4 N–H and O–H groups in total. The van der Waals surface area contributed by atoms with Crippen LogP contribution < -0.4 is 11.5 Å². The number of nitrogens with two attached hydrogens (primary N) is 2. The van der Waals surface area contributed by atoms with Gasteiger partial charge >= 0.3 is 0 Å². The molecule has 13 heavy (non-hydrogen) atoms. The van der Waals surface area contributed by atoms with Gasteiger partial charge in [0.15, 0.2) is 0 Å². The molecule has 4 nitrogen and oxygen atoms in total. The summed E-state index contributed by atoms with van der Waals surface area (Å²) in [4.78, 5) is 12.8. The predicted molar refractivity (Wildman–Crippen MR) is 57.3 cm³/mol. The topological polar surface area (TPSA) is 72.3 Å². The van der Waals surface area contributed by atoms with Crippen LogP contribution in [-0.4, -0.2) is 36.5 Å². The minimum atomic E-state index is -0.0583. The zero-order valence-corrected chi connectivity index (χ0v) is 9.07. The van der Waals surface area contributed by atoms with Crippen molar-refractivity contribution in [1.29, 1.82) is 0 Å². The van der Waals surface area contributed by atoms with Crippen LogP contribution in [0.15, 0.2) is 0 Å². The average Bonchev–Trinajstić information content (AvgIpc) is 2.37. The normalized spacial score (nSPS) is 17.7. The summed E-state index contributed by atoms with van der Waals surface area (Å²) in [6.45, 7) is 1.92. The number of carbonyl (C=O) groups excluding carboxylic acids is 1. The summed E-state index contributed by atoms with van der Waals surface area (Å²) in [7, 11) is 0. The van der Waals surface area contributed by atoms with Crippen molar-refractivity contribution < 1.29 is 4.79 Å². The molecule has 0 aromatic heterocycles. The summed E-state index contributed by atoms with van der Waals surface area (Å²) in [5.41, 5.74) is 10.9. The molecule has 0 aliphatic carbocycles. The molecule has 1 heterocycles. The second-order valence-corrected chi connectivity index (χ2v) is 2.94. The van der Waals surface area contributed by atoms with Gasteiger partial charge in [0.2, 0.25) is 5.91 Å². The highest BCUT2D eigenvalue weighted by Gasteiger charge is 2.20. The first kappa shape index (κ1) is 15.4. The Morgan fingerprint density at radius 2 is 2.08 bits per heavy atom. The van der Waals surface area contributed by atoms with E-state index in [2.05, 4.69) is 0 Å². The first-order valence-electron chi connectivity index (χ1n) is 3.97. The van der Waals surface area contributed by atoms with E-state index in [1.165, 1.54) is 0 Å². The summed E-state index contributed by atoms with van der Waals surface area (Å²) in [6.07, 6.45) is 1.65. The third-order valence-electron chi connectivity index (χ3n) is 1.93. The zero-order valence-electron chi connectivity index (χ0n) is 7.44. The monoisotopic (exact) mass is 229 g/mol. The van der Waals surface area contributed by atoms with Gasteiger partial charge in [0.05, 0.1) is 0 Å². The molecule has 1 aliphatic rings. The lowest BCUT2D eigenvalue weighted by Crippen LogP contribution is -2.42. The highest BCUT2D eigenvalue weighted by Crippen LogP contribution is 2.08. The number of nitrogens with zero attached hydrogens (tertiary/aromatic N) is 1. The van der Waals surface area contributed by atoms with Gasteiger partial charge in [0.1, 0.15) is 0 Å². The quantitative estimate of drug-likeness (QED) is 0.701. The maximum absolute atomic E-state index is 11.1. The first-order chi connectivity index (χ1) is 5.24. The van der Waals surface area contributed by atoms with Crippen molar-refractivity contribution >= 4 is 30.7 Å². The van der Waals surface area contributed by atoms with Crippen LogP contribution in [0.1, 0.15) is 12.8 Å². The molecule has 1 saturated heterocycles. The summed E-state index contributed by atoms with van der Waals surface area (Å²) in [5.74, 6) is 0.217. The van der Waals surface area contributed by atoms with Crippen molar-refractivity contribution in [2.45, 2.75) is 18.9 Å². The molecule has 0 aromatic carbocycles. The van der Waals surface area contributed by atoms with Crippen LogP contribution >= 0.6 is 24.8 Å². The molecule has 1 aliphatic heterocycles. The Morgan fingerprint density at radius 3 is 2.46 bits per heavy atom. The summed E-state index contributed by atoms with van der Waals surface area (Å²) >= 11 is 0. The molecule has 1 rings (SSSR count). The van der Waals surface area contributed by atoms with Gasteiger partial charge in [-0.1, -0.05) is 0 Å². The minimum absolute atomic E-state index is 0. The van der Waals surface area contributed by atoms with Crippen LogP contribution in [0.2, 0.25) is 0 Å². The fourth-order valence-corrected chi connectivity index (χ4v) is 1.25. The second-order valence-electron chi connectivity index (χ2n) is 2.94. The third kappa shape index (κ3) is 4.67. The van der Waals surface area contributed by atoms with Gasteiger partial charge in [-0.2, -0.15) is 0 Å². The van der Waals surface area contributed by atoms with E-state index in [1.54, 1.807) is 4.90 Å². The maximum atomic E-state index is 11.1. The van der Waals surface area contributed by atoms with Crippen LogP contribution in [0, 0.1) is 0 Å². The smallest absolute Gasteiger partial charge is 0.222 e. The van der Waals surface area contributed by atoms with Crippen molar-refractivity contribution in [3.63, 3.8) is 0 Å². The standard InChI is InChI=1S/C7H15N3O.2ClH/c8-4-6(9)5-10-3-1-2-7(10)11;;/h6H,1-5,8-9H2;2*1H. The zero-order chi connectivity index (χ0) is 8.27. The molecule has 1 fully saturated rings. The Bertz CT molecular complexity index is 157. The third-order valence-corrected chi connectivity index (χ3v) is 1.93. The number of amides is 1. The molecule has 0 spiro atoms. The lowest BCUT2D eigenvalue weighted by Gasteiger charge is -2.18. The summed E-state index contributed by atoms with van der Waals surface area (Å²) < 4.78 is 0. The summed E-state index contributed by atoms with van der Waals surface area (Å²) in [5, 5.41) is 0. The Balaban J connectivity index is 0. The first-order valence-corrected chi connectivity index (χ1v) is 3.97. The van der Waals surface area contributed by atoms with Crippen molar-refractivity contribution in [3.05, 3.63) is 0 Å². The molecule has 0 radical (unpaired) electrons. The summed E-state index contributed by atoms with van der Waals surface area (Å²) in [6, 6.07) is -0.0583. The molecular weight excluding hydrogens is 213 g/mol. The number of carbonyl (C=O) groups is 1. The van der Waals surface area contributed by atoms with Crippen LogP contribution in [0.25, 0.3) is 0 Å². The molecule has 0 aromatic rings. The molecule has 80 valence electrons. The predicted octanol–water partition coefficient (Wildman–Crippen LogP) is -0.262. The number of hydrogen-bond donors (Lipinski definition) is 2. The van der Waals surface area contributed by atoms with Gasteiger partial charge < -0.3 is 16.4 Å². The van der Waals surface area contributed by atoms with Gasteiger partial charge in [-0.3, -0.25) is 4.79 Å². The van der Waals surface area contributed by atoms with Gasteiger partial charge in [-0.05, 0) is 6.42 Å². The van der Waals surface area contributed by atoms with Crippen LogP contribution in [0.3, 0.4) is 0 Å². The van der Waals surface area contributed by atoms with E-state index < -0.39 is 0 Å². The van der Waals surface area contributed by atoms with Crippen molar-refractivity contribution in [3.8, 4) is 0 Å². The van der Waals surface area contributed by atoms with E-state index in [9.17, 15) is 4.79 Å². The van der Waals surface area contributed by atoms with Gasteiger partial charge in [-0.25, -0.2) is 0 Å². The van der Waals surface area contributed by atoms with E-state index in [1.807, 2.05) is 0 Å². The molecular formula is C7H17Cl2N3O. The molecule has 0 saturated carbocycles. The lowest BCUT2D eigenvalue weighted by molar-refractivity contribution is -0.127. The second kappa shape index (κ2) is 7.38. The average molecular weight is 230 g/mol. The molecule has 6 heteroatoms. The minimum Gasteiger partial charge on any atom is -0.341 e. The highest BCUT2D eigenvalue weighted by atomic mass is 35.5. The van der Waals surface area contributed by atoms with Crippen molar-refractivity contribution in [2.24, 2.45) is 11.5 Å². The molecule has 1 atom stereocenters. The van der Waals surface area contributed by atoms with Crippen LogP contribution in [-0.2, 0) is 4.79 Å². The van der Waals surface area contributed by atoms with E-state index in [4.69, 9.17) is 11.5 Å². The Hall–Kier alpha value is -0.0300. The van der Waals surface area contributed by atoms with Crippen molar-refractivity contribution in [1.82, 2.24) is 4.90 Å². The highest BCUT2D eigenvalue weighted by molar-refractivity contribution is 5.85. The molecule has 0 bridgehead atoms. The Kier molecular flexibility index (Phi) is 8.77. The van der Waals surface area contributed by atoms with Gasteiger partial charge in [0.25, 0.3) is 0 Å². The van der Waals surface area contributed by atoms with Gasteiger partial charge in [-0.15, -0.1) is 24.8 Å². The van der Waals surface area contributed by atoms with E-state index >= 15 is 0 Å². The largest absolute Gasteiger partial charge is 0.341 e. The number of rotatable bonds is 3. The van der Waals surface area contributed by atoms with Crippen LogP contribution in [0.5, 0.6) is 0 Å². The number of likely N-dealkylation sites (tertiary alicyclic amines) is 1. The van der Waals surface area contributed by atoms with E-state index in [0.717, 1.165) is 13.0 Å². The fraction of sp³-hybridized carbons (Fsp3) is 0.857. The van der Waals surface area contributed by atoms with Crippen LogP contribution in [0.4, 0.5) is 0 Å².